The van der Waals surface area contributed by atoms with Crippen molar-refractivity contribution < 1.29 is 14.1 Å². The molecule has 0 N–H and O–H groups in total. The van der Waals surface area contributed by atoms with E-state index in [1.807, 2.05) is 0 Å². The van der Waals surface area contributed by atoms with Crippen LogP contribution in [-0.4, -0.2) is 4.92 Å². The Bertz CT molecular complexity index is 666. The summed E-state index contributed by atoms with van der Waals surface area (Å²) in [6, 6.07) is 8.73. The van der Waals surface area contributed by atoms with Crippen molar-refractivity contribution in [3.05, 3.63) is 67.4 Å². The lowest BCUT2D eigenvalue weighted by Crippen LogP contribution is -1.99. The molecule has 4 nitrogen and oxygen atoms in total. The highest BCUT2D eigenvalue weighted by atomic mass is 79.9. The summed E-state index contributed by atoms with van der Waals surface area (Å²) in [4.78, 5) is 9.73. The lowest BCUT2D eigenvalue weighted by Gasteiger charge is -2.08. The van der Waals surface area contributed by atoms with E-state index in [4.69, 9.17) is 16.3 Å². The Morgan fingerprint density at radius 1 is 1.30 bits per heavy atom. The number of rotatable bonds is 4. The second-order valence-corrected chi connectivity index (χ2v) is 5.23. The van der Waals surface area contributed by atoms with Crippen molar-refractivity contribution in [3.8, 4) is 5.75 Å². The van der Waals surface area contributed by atoms with Crippen molar-refractivity contribution in [2.45, 2.75) is 6.61 Å². The molecule has 104 valence electrons. The molecule has 0 heterocycles. The molecule has 2 aromatic carbocycles. The molecule has 0 bridgehead atoms. The molecule has 0 fully saturated rings. The second kappa shape index (κ2) is 6.19. The van der Waals surface area contributed by atoms with Crippen molar-refractivity contribution >= 4 is 33.2 Å². The molecule has 0 aliphatic heterocycles. The first-order valence-electron chi connectivity index (χ1n) is 5.48. The molecule has 0 spiro atoms. The fourth-order valence-electron chi connectivity index (χ4n) is 1.54. The molecular weight excluding hydrogens is 353 g/mol. The van der Waals surface area contributed by atoms with Gasteiger partial charge in [-0.15, -0.1) is 0 Å². The molecule has 0 amide bonds. The van der Waals surface area contributed by atoms with E-state index >= 15 is 0 Å². The normalized spacial score (nSPS) is 10.3. The summed E-state index contributed by atoms with van der Waals surface area (Å²) in [6.07, 6.45) is 0. The van der Waals surface area contributed by atoms with Gasteiger partial charge in [-0.3, -0.25) is 10.1 Å². The van der Waals surface area contributed by atoms with Gasteiger partial charge in [-0.05, 0) is 35.9 Å². The summed E-state index contributed by atoms with van der Waals surface area (Å²) < 4.78 is 19.7. The monoisotopic (exact) mass is 359 g/mol. The summed E-state index contributed by atoms with van der Waals surface area (Å²) in [5, 5.41) is 10.9. The van der Waals surface area contributed by atoms with Crippen molar-refractivity contribution in [2.24, 2.45) is 0 Å². The Morgan fingerprint density at radius 3 is 2.70 bits per heavy atom. The van der Waals surface area contributed by atoms with Crippen molar-refractivity contribution in [1.82, 2.24) is 0 Å². The number of hydrogen-bond acceptors (Lipinski definition) is 3. The molecule has 2 rings (SSSR count). The molecule has 2 aromatic rings. The minimum atomic E-state index is -0.892. The van der Waals surface area contributed by atoms with Crippen LogP contribution in [0.1, 0.15) is 5.56 Å². The molecule has 20 heavy (non-hydrogen) atoms. The van der Waals surface area contributed by atoms with E-state index in [1.165, 1.54) is 6.07 Å². The van der Waals surface area contributed by atoms with E-state index < -0.39 is 16.4 Å². The van der Waals surface area contributed by atoms with Crippen LogP contribution in [0.5, 0.6) is 5.75 Å². The van der Waals surface area contributed by atoms with Crippen LogP contribution in [0.15, 0.2) is 40.9 Å². The SMILES string of the molecule is O=[N+]([O-])c1ccc(COc2cc(Br)ccc2Cl)cc1F. The van der Waals surface area contributed by atoms with Crippen molar-refractivity contribution in [3.63, 3.8) is 0 Å². The lowest BCUT2D eigenvalue weighted by molar-refractivity contribution is -0.387. The molecule has 0 aromatic heterocycles. The highest BCUT2D eigenvalue weighted by molar-refractivity contribution is 9.10. The molecule has 7 heteroatoms. The Hall–Kier alpha value is -1.66. The third-order valence-electron chi connectivity index (χ3n) is 2.50. The van der Waals surface area contributed by atoms with Crippen LogP contribution in [0, 0.1) is 15.9 Å². The summed E-state index contributed by atoms with van der Waals surface area (Å²) in [5.74, 6) is -0.448. The fraction of sp³-hybridized carbons (Fsp3) is 0.0769. The van der Waals surface area contributed by atoms with E-state index in [0.29, 0.717) is 16.3 Å². The highest BCUT2D eigenvalue weighted by Crippen LogP contribution is 2.29. The maximum absolute atomic E-state index is 13.4. The van der Waals surface area contributed by atoms with Crippen LogP contribution in [0.25, 0.3) is 0 Å². The van der Waals surface area contributed by atoms with E-state index in [9.17, 15) is 14.5 Å². The van der Waals surface area contributed by atoms with Gasteiger partial charge in [0.2, 0.25) is 5.82 Å². The number of benzene rings is 2. The van der Waals surface area contributed by atoms with E-state index in [-0.39, 0.29) is 6.61 Å². The first kappa shape index (κ1) is 14.7. The quantitative estimate of drug-likeness (QED) is 0.585. The third-order valence-corrected chi connectivity index (χ3v) is 3.30. The van der Waals surface area contributed by atoms with Crippen LogP contribution >= 0.6 is 27.5 Å². The van der Waals surface area contributed by atoms with Gasteiger partial charge >= 0.3 is 5.69 Å². The predicted molar refractivity (Wildman–Crippen MR) is 76.5 cm³/mol. The summed E-state index contributed by atoms with van der Waals surface area (Å²) in [6.45, 7) is 0.0606. The molecule has 0 unspecified atom stereocenters. The first-order valence-corrected chi connectivity index (χ1v) is 6.65. The average molecular weight is 361 g/mol. The van der Waals surface area contributed by atoms with Gasteiger partial charge in [0.15, 0.2) is 0 Å². The Labute approximate surface area is 127 Å². The number of halogens is 3. The molecular formula is C13H8BrClFNO3. The van der Waals surface area contributed by atoms with Gasteiger partial charge < -0.3 is 4.74 Å². The standard InChI is InChI=1S/C13H8BrClFNO3/c14-9-2-3-10(15)13(6-9)20-7-8-1-4-12(17(18)19)11(16)5-8/h1-6H,7H2. The Balaban J connectivity index is 2.13. The Kier molecular flexibility index (Phi) is 4.57. The minimum absolute atomic E-state index is 0.0606. The van der Waals surface area contributed by atoms with Crippen LogP contribution < -0.4 is 4.74 Å². The third kappa shape index (κ3) is 3.46. The fourth-order valence-corrected chi connectivity index (χ4v) is 2.05. The number of nitro benzene ring substituents is 1. The van der Waals surface area contributed by atoms with Gasteiger partial charge in [0.05, 0.1) is 9.95 Å². The maximum atomic E-state index is 13.4. The zero-order valence-corrected chi connectivity index (χ0v) is 12.3. The second-order valence-electron chi connectivity index (χ2n) is 3.91. The summed E-state index contributed by atoms with van der Waals surface area (Å²) >= 11 is 9.24. The molecule has 0 aliphatic rings. The van der Waals surface area contributed by atoms with Gasteiger partial charge in [-0.25, -0.2) is 0 Å². The molecule has 0 saturated carbocycles. The maximum Gasteiger partial charge on any atom is 0.304 e. The molecule has 0 saturated heterocycles. The zero-order chi connectivity index (χ0) is 14.7. The van der Waals surface area contributed by atoms with Gasteiger partial charge in [-0.2, -0.15) is 4.39 Å². The van der Waals surface area contributed by atoms with Gasteiger partial charge in [0.1, 0.15) is 12.4 Å². The smallest absolute Gasteiger partial charge is 0.304 e. The lowest BCUT2D eigenvalue weighted by atomic mass is 10.2. The van der Waals surface area contributed by atoms with Crippen molar-refractivity contribution in [2.75, 3.05) is 0 Å². The summed E-state index contributed by atoms with van der Waals surface area (Å²) in [5.41, 5.74) is -0.0848. The number of nitrogens with zero attached hydrogens (tertiary/aromatic N) is 1. The first-order chi connectivity index (χ1) is 9.47. The van der Waals surface area contributed by atoms with Gasteiger partial charge in [0.25, 0.3) is 0 Å². The summed E-state index contributed by atoms with van der Waals surface area (Å²) in [7, 11) is 0. The van der Waals surface area contributed by atoms with Gasteiger partial charge in [0, 0.05) is 10.5 Å². The molecule has 0 atom stereocenters. The number of nitro groups is 1. The number of hydrogen-bond donors (Lipinski definition) is 0. The van der Waals surface area contributed by atoms with Crippen LogP contribution in [0.3, 0.4) is 0 Å². The van der Waals surface area contributed by atoms with Gasteiger partial charge in [-0.1, -0.05) is 27.5 Å². The van der Waals surface area contributed by atoms with Crippen LogP contribution in [0.4, 0.5) is 10.1 Å². The predicted octanol–water partition coefficient (Wildman–Crippen LogP) is 4.73. The number of ether oxygens (including phenoxy) is 1. The molecule has 0 aliphatic carbocycles. The van der Waals surface area contributed by atoms with E-state index in [1.54, 1.807) is 18.2 Å². The minimum Gasteiger partial charge on any atom is -0.487 e. The van der Waals surface area contributed by atoms with E-state index in [2.05, 4.69) is 15.9 Å². The highest BCUT2D eigenvalue weighted by Gasteiger charge is 2.14. The average Bonchev–Trinajstić information content (AvgIpc) is 2.39. The largest absolute Gasteiger partial charge is 0.487 e. The zero-order valence-electron chi connectivity index (χ0n) is 9.98. The van der Waals surface area contributed by atoms with Crippen LogP contribution in [-0.2, 0) is 6.61 Å². The van der Waals surface area contributed by atoms with Crippen molar-refractivity contribution in [1.29, 1.82) is 0 Å². The molecule has 0 radical (unpaired) electrons. The topological polar surface area (TPSA) is 52.4 Å². The Morgan fingerprint density at radius 2 is 2.05 bits per heavy atom. The van der Waals surface area contributed by atoms with Crippen LogP contribution in [0.2, 0.25) is 5.02 Å². The van der Waals surface area contributed by atoms with E-state index in [0.717, 1.165) is 16.6 Å².